The van der Waals surface area contributed by atoms with Gasteiger partial charge in [0.25, 0.3) is 15.7 Å². The molecule has 9 N–H and O–H groups in total. The van der Waals surface area contributed by atoms with Crippen LogP contribution < -0.4 is 59.3 Å². The van der Waals surface area contributed by atoms with Crippen molar-refractivity contribution in [1.82, 2.24) is 9.78 Å². The number of carboxylic acids is 1. The molecular formula is C103H132N13O21S4+3. The standard InChI is InChI=1S/C17H21N3O.C16H21N2.C15H19N2.C12H18N2O5S.C11H12N2O4S.C11H17NO4S.C11H8O3.C10H15NO4S/c1-3-20(13-12-19-10-5-4-6-11-19)17-9-7-8-16(14-17)18-15(2)21;1-3-18(16-9-7-8-15(2)14-16)13-12-17-10-5-4-6-11-17;1-2-17(15-9-5-3-6-10-15)14-13-16-11-7-4-8-12-16;1-3-14(7-8-19-20(16,17)18)12-6-4-5-11(9-12)13-10(2)15;1-7-5-9(18(15,16)17)3-4-10(7)13-11(14)6-8(2)12-13;1-3-12(7-8-16-17(13,14)15)11-6-4-5-10(2)9-11;12-10-4-3-7-5-9(11(13)14)2-1-8(7)6-10;1-2-11(8-9-15-16(12,13)14)10-6-4-3-5-7-10/h4-11,14H,3,12-13H2,1-2H3;4-11,14H,3,12-13H2,1-2H3;3-12H,2,13-14H2,1H3;4-6,9H,3,7-8H2,1-2H3,(H,13,15)(H,16,17,18);3-6,12H,1-2H3,(H,15,16,17);4-6,9H,3,7-8H2,1-2H3,(H,13,14,15);1-6,12H,(H,13,14);3-7H,2,8-9H2,1H3,(H,12,13,14)/q;2*+1;;;;;/p+1. The molecule has 2 amide bonds. The third kappa shape index (κ3) is 45.4. The highest BCUT2D eigenvalue weighted by Gasteiger charge is 2.18. The lowest BCUT2D eigenvalue weighted by atomic mass is 10.1. The number of para-hydroxylation sites is 2. The summed E-state index contributed by atoms with van der Waals surface area (Å²) in [6.45, 7) is 34.7. The van der Waals surface area contributed by atoms with Crippen molar-refractivity contribution in [3.8, 4) is 11.4 Å². The topological polar surface area (TPSA) is 430 Å². The Kier molecular flexibility index (Phi) is 49.6. The number of benzene rings is 9. The van der Waals surface area contributed by atoms with E-state index in [9.17, 15) is 58.0 Å². The molecular weight excluding hydrogens is 1880 g/mol. The second-order valence-corrected chi connectivity index (χ2v) is 36.2. The van der Waals surface area contributed by atoms with Gasteiger partial charge in [0.05, 0.1) is 55.6 Å². The fourth-order valence-electron chi connectivity index (χ4n) is 14.0. The smallest absolute Gasteiger partial charge is 0.397 e. The van der Waals surface area contributed by atoms with E-state index in [-0.39, 0.29) is 53.4 Å². The van der Waals surface area contributed by atoms with Gasteiger partial charge in [0.1, 0.15) is 5.75 Å². The van der Waals surface area contributed by atoms with Crippen LogP contribution in [0.2, 0.25) is 0 Å². The summed E-state index contributed by atoms with van der Waals surface area (Å²) in [5, 5.41) is 27.9. The van der Waals surface area contributed by atoms with Gasteiger partial charge < -0.3 is 50.2 Å². The summed E-state index contributed by atoms with van der Waals surface area (Å²) >= 11 is 0. The molecule has 141 heavy (non-hydrogen) atoms. The van der Waals surface area contributed by atoms with Crippen LogP contribution in [0.15, 0.2) is 320 Å². The van der Waals surface area contributed by atoms with Gasteiger partial charge >= 0.3 is 37.2 Å². The third-order valence-corrected chi connectivity index (χ3v) is 23.2. The lowest BCUT2D eigenvalue weighted by Crippen LogP contribution is -2.40. The number of carboxylic acid groups (broad SMARTS) is 1. The number of H-pyrrole nitrogens is 1. The Bertz CT molecular complexity index is 6530. The van der Waals surface area contributed by atoms with Crippen molar-refractivity contribution in [2.75, 3.05) is 138 Å². The normalized spacial score (nSPS) is 10.8. The van der Waals surface area contributed by atoms with Crippen LogP contribution in [0.5, 0.6) is 5.75 Å². The summed E-state index contributed by atoms with van der Waals surface area (Å²) in [7, 11) is -17.3. The van der Waals surface area contributed by atoms with E-state index < -0.39 is 47.3 Å². The molecule has 38 heteroatoms. The molecule has 4 aromatic heterocycles. The number of hydrogen-bond donors (Lipinski definition) is 9. The maximum Gasteiger partial charge on any atom is 0.397 e. The number of aromatic amines is 1. The molecule has 0 aliphatic rings. The summed E-state index contributed by atoms with van der Waals surface area (Å²) < 4.78 is 140. The lowest BCUT2D eigenvalue weighted by molar-refractivity contribution is -0.694. The van der Waals surface area contributed by atoms with E-state index in [2.05, 4.69) is 213 Å². The number of aromatic nitrogens is 5. The first-order chi connectivity index (χ1) is 67.1. The van der Waals surface area contributed by atoms with Crippen LogP contribution in [0.4, 0.5) is 45.5 Å². The van der Waals surface area contributed by atoms with Crippen molar-refractivity contribution in [3.05, 3.63) is 348 Å². The number of anilines is 8. The second-order valence-electron chi connectivity index (χ2n) is 31.5. The van der Waals surface area contributed by atoms with Crippen LogP contribution >= 0.6 is 0 Å². The number of hydrogen-bond acceptors (Lipinski definition) is 22. The van der Waals surface area contributed by atoms with Gasteiger partial charge in [0, 0.05) is 166 Å². The van der Waals surface area contributed by atoms with Crippen LogP contribution in [0.1, 0.15) is 88.1 Å². The summed E-state index contributed by atoms with van der Waals surface area (Å²) in [4.78, 5) is 57.1. The van der Waals surface area contributed by atoms with Crippen molar-refractivity contribution >= 4 is 115 Å². The zero-order valence-corrected chi connectivity index (χ0v) is 84.9. The summed E-state index contributed by atoms with van der Waals surface area (Å²) in [6.07, 6.45) is 12.6. The molecule has 34 nitrogen and oxygen atoms in total. The third-order valence-electron chi connectivity index (χ3n) is 21.0. The van der Waals surface area contributed by atoms with E-state index in [1.54, 1.807) is 56.3 Å². The number of pyridine rings is 3. The SMILES string of the molecule is CCN(CCOS(=O)(=O)O)c1cccc(C)c1.CCN(CCOS(=O)(=O)O)c1cccc(NC(C)=O)c1.CCN(CCOS(=O)(=O)O)c1ccccc1.CCN(CC[n+]1ccccc1)c1cccc(C)c1.CCN(CC[n+]1ccccc1)c1cccc(NC(C)=O)c1.CCN(CC[n+]1ccccc1)c1ccccc1.Cc1cc(=O)n(-c2ccc(S(=O)(=O)O)cc2C)[nH]1.O=C(O)c1ccc2cc(O)ccc2c1. The number of rotatable bonds is 38. The van der Waals surface area contributed by atoms with Crippen LogP contribution in [0.3, 0.4) is 0 Å². The van der Waals surface area contributed by atoms with Crippen LogP contribution in [0, 0.1) is 27.7 Å². The number of phenolic OH excluding ortho intramolecular Hbond substituents is 1. The van der Waals surface area contributed by atoms with Gasteiger partial charge in [-0.15, -0.1) is 0 Å². The van der Waals surface area contributed by atoms with E-state index in [0.29, 0.717) is 48.8 Å². The second kappa shape index (κ2) is 60.3. The number of aromatic hydroxyl groups is 1. The molecule has 0 unspecified atom stereocenters. The Labute approximate surface area is 828 Å². The lowest BCUT2D eigenvalue weighted by Gasteiger charge is -2.23. The van der Waals surface area contributed by atoms with Gasteiger partial charge in [0.15, 0.2) is 56.8 Å². The Hall–Kier alpha value is -13.8. The largest absolute Gasteiger partial charge is 0.508 e. The number of aromatic carboxylic acids is 1. The number of carbonyl (C=O) groups is 3. The highest BCUT2D eigenvalue weighted by atomic mass is 32.3. The Morgan fingerprint density at radius 2 is 0.695 bits per heavy atom. The molecule has 0 spiro atoms. The van der Waals surface area contributed by atoms with Crippen LogP contribution in [-0.4, -0.2) is 188 Å². The zero-order chi connectivity index (χ0) is 104. The van der Waals surface area contributed by atoms with Crippen molar-refractivity contribution in [3.63, 3.8) is 0 Å². The van der Waals surface area contributed by atoms with E-state index in [4.69, 9.17) is 23.3 Å². The number of nitrogens with one attached hydrogen (secondary N) is 3. The van der Waals surface area contributed by atoms with Crippen molar-refractivity contribution < 1.29 is 103 Å². The molecule has 13 aromatic rings. The molecule has 9 aromatic carbocycles. The highest BCUT2D eigenvalue weighted by molar-refractivity contribution is 7.85. The molecule has 0 aliphatic heterocycles. The fraction of sp³-hybridized carbons (Fsp3) is 0.291. The number of phenols is 1. The molecule has 0 aliphatic carbocycles. The Morgan fingerprint density at radius 3 is 1.02 bits per heavy atom. The van der Waals surface area contributed by atoms with Crippen LogP contribution in [-0.2, 0) is 83.1 Å². The molecule has 0 bridgehead atoms. The summed E-state index contributed by atoms with van der Waals surface area (Å²) in [5.41, 5.74) is 12.3. The van der Waals surface area contributed by atoms with Crippen molar-refractivity contribution in [2.45, 2.75) is 108 Å². The summed E-state index contributed by atoms with van der Waals surface area (Å²) in [5.74, 6) is -0.976. The first kappa shape index (κ1) is 116. The van der Waals surface area contributed by atoms with Gasteiger partial charge in [-0.1, -0.05) is 103 Å². The molecule has 13 rings (SSSR count). The minimum absolute atomic E-state index is 0.0463. The van der Waals surface area contributed by atoms with E-state index in [0.717, 1.165) is 117 Å². The molecule has 4 heterocycles. The average Bonchev–Trinajstić information content (AvgIpc) is 1.67. The quantitative estimate of drug-likeness (QED) is 0.0128. The fourth-order valence-corrected chi connectivity index (χ4v) is 15.4. The maximum absolute atomic E-state index is 11.6. The predicted octanol–water partition coefficient (Wildman–Crippen LogP) is 15.3. The maximum atomic E-state index is 11.6. The monoisotopic (exact) mass is 2010 g/mol. The predicted molar refractivity (Wildman–Crippen MR) is 555 cm³/mol. The molecule has 0 atom stereocenters. The Morgan fingerprint density at radius 1 is 0.369 bits per heavy atom. The molecule has 0 fully saturated rings. The van der Waals surface area contributed by atoms with E-state index in [1.165, 1.54) is 71.9 Å². The molecule has 756 valence electrons. The summed E-state index contributed by atoms with van der Waals surface area (Å²) in [6, 6.07) is 85.4. The van der Waals surface area contributed by atoms with Crippen molar-refractivity contribution in [1.29, 1.82) is 0 Å². The first-order valence-corrected chi connectivity index (χ1v) is 51.1. The number of likely N-dealkylation sites (N-methyl/N-ethyl adjacent to an activating group) is 6. The Balaban J connectivity index is 0.000000247. The number of amides is 2. The van der Waals surface area contributed by atoms with Gasteiger partial charge in [-0.3, -0.25) is 37.7 Å². The zero-order valence-electron chi connectivity index (χ0n) is 81.6. The van der Waals surface area contributed by atoms with E-state index >= 15 is 0 Å². The minimum Gasteiger partial charge on any atom is -0.508 e. The molecule has 0 saturated carbocycles. The number of carbonyl (C=O) groups excluding carboxylic acids is 2. The van der Waals surface area contributed by atoms with Crippen molar-refractivity contribution in [2.24, 2.45) is 0 Å². The number of fused-ring (bicyclic) bond motifs is 1. The highest BCUT2D eigenvalue weighted by Crippen LogP contribution is 2.26. The first-order valence-electron chi connectivity index (χ1n) is 45.6. The van der Waals surface area contributed by atoms with Crippen LogP contribution in [0.25, 0.3) is 16.5 Å². The number of nitrogens with zero attached hydrogens (tertiary/aromatic N) is 10. The van der Waals surface area contributed by atoms with Gasteiger partial charge in [-0.2, -0.15) is 33.7 Å². The minimum atomic E-state index is -4.42. The average molecular weight is 2020 g/mol. The van der Waals surface area contributed by atoms with E-state index in [1.807, 2.05) is 146 Å². The van der Waals surface area contributed by atoms with Gasteiger partial charge in [-0.25, -0.2) is 35.7 Å². The van der Waals surface area contributed by atoms with Gasteiger partial charge in [-0.05, 0) is 224 Å². The molecule has 0 radical (unpaired) electrons. The number of aryl methyl sites for hydroxylation is 4. The van der Waals surface area contributed by atoms with Gasteiger partial charge in [0.2, 0.25) is 11.8 Å². The molecule has 0 saturated heterocycles.